The van der Waals surface area contributed by atoms with Gasteiger partial charge in [0.15, 0.2) is 0 Å². The predicted molar refractivity (Wildman–Crippen MR) is 102 cm³/mol. The van der Waals surface area contributed by atoms with E-state index in [0.717, 1.165) is 23.5 Å². The fourth-order valence-corrected chi connectivity index (χ4v) is 1.60. The lowest BCUT2D eigenvalue weighted by Gasteiger charge is -2.05. The zero-order valence-electron chi connectivity index (χ0n) is 15.8. The second-order valence-electron chi connectivity index (χ2n) is 6.79. The third kappa shape index (κ3) is 11.7. The molecule has 0 saturated heterocycles. The van der Waals surface area contributed by atoms with Crippen LogP contribution in [0.15, 0.2) is 42.5 Å². The molecule has 0 aliphatic carbocycles. The van der Waals surface area contributed by atoms with Crippen LogP contribution in [-0.2, 0) is 0 Å². The first-order chi connectivity index (χ1) is 11.5. The number of hydrogen-bond donors (Lipinski definition) is 0. The van der Waals surface area contributed by atoms with Gasteiger partial charge < -0.3 is 0 Å². The van der Waals surface area contributed by atoms with Gasteiger partial charge in [0, 0.05) is 11.1 Å². The molecule has 0 spiro atoms. The maximum Gasteiger partial charge on any atom is 0.126 e. The van der Waals surface area contributed by atoms with Gasteiger partial charge in [-0.05, 0) is 53.6 Å². The minimum atomic E-state index is -0.537. The van der Waals surface area contributed by atoms with Crippen molar-refractivity contribution >= 4 is 11.6 Å². The summed E-state index contributed by atoms with van der Waals surface area (Å²) in [6.07, 6.45) is 0. The first kappa shape index (κ1) is 23.5. The first-order valence-corrected chi connectivity index (χ1v) is 8.77. The molecule has 0 unspecified atom stereocenters. The molecular formula is C21H28ClF3. The van der Waals surface area contributed by atoms with Crippen molar-refractivity contribution in [2.75, 3.05) is 0 Å². The van der Waals surface area contributed by atoms with Crippen molar-refractivity contribution in [1.29, 1.82) is 0 Å². The molecule has 0 atom stereocenters. The smallest absolute Gasteiger partial charge is 0.126 e. The van der Waals surface area contributed by atoms with E-state index in [4.69, 9.17) is 11.6 Å². The lowest BCUT2D eigenvalue weighted by atomic mass is 10.0. The minimum absolute atomic E-state index is 0.263. The Balaban J connectivity index is 0.000000365. The summed E-state index contributed by atoms with van der Waals surface area (Å²) in [6, 6.07) is 9.16. The molecule has 0 N–H and O–H groups in total. The Kier molecular flexibility index (Phi) is 11.3. The summed E-state index contributed by atoms with van der Waals surface area (Å²) in [4.78, 5) is 0. The molecule has 2 aromatic carbocycles. The van der Waals surface area contributed by atoms with Gasteiger partial charge in [0.05, 0.1) is 0 Å². The molecule has 0 amide bonds. The molecule has 2 aromatic rings. The minimum Gasteiger partial charge on any atom is -0.207 e. The van der Waals surface area contributed by atoms with Gasteiger partial charge in [0.2, 0.25) is 0 Å². The molecule has 25 heavy (non-hydrogen) atoms. The summed E-state index contributed by atoms with van der Waals surface area (Å²) < 4.78 is 36.6. The van der Waals surface area contributed by atoms with Crippen LogP contribution in [0, 0.1) is 29.3 Å². The van der Waals surface area contributed by atoms with Gasteiger partial charge in [0.25, 0.3) is 0 Å². The third-order valence-electron chi connectivity index (χ3n) is 3.67. The number of benzene rings is 2. The lowest BCUT2D eigenvalue weighted by molar-refractivity contribution is 0.457. The highest BCUT2D eigenvalue weighted by atomic mass is 35.5. The molecular weight excluding hydrogens is 345 g/mol. The Morgan fingerprint density at radius 3 is 1.44 bits per heavy atom. The molecule has 0 fully saturated rings. The monoisotopic (exact) mass is 372 g/mol. The van der Waals surface area contributed by atoms with Crippen LogP contribution in [-0.4, -0.2) is 0 Å². The fraction of sp³-hybridized carbons (Fsp3) is 0.429. The van der Waals surface area contributed by atoms with E-state index in [1.54, 1.807) is 6.07 Å². The van der Waals surface area contributed by atoms with Crippen molar-refractivity contribution in [3.8, 4) is 0 Å². The van der Waals surface area contributed by atoms with Gasteiger partial charge in [-0.15, -0.1) is 0 Å². The quantitative estimate of drug-likeness (QED) is 0.503. The third-order valence-corrected chi connectivity index (χ3v) is 3.89. The molecule has 4 heteroatoms. The van der Waals surface area contributed by atoms with Crippen LogP contribution in [0.4, 0.5) is 13.2 Å². The molecule has 2 rings (SSSR count). The highest BCUT2D eigenvalue weighted by Crippen LogP contribution is 2.20. The van der Waals surface area contributed by atoms with E-state index in [0.29, 0.717) is 10.9 Å². The van der Waals surface area contributed by atoms with E-state index >= 15 is 0 Å². The van der Waals surface area contributed by atoms with Crippen LogP contribution >= 0.6 is 11.6 Å². The van der Waals surface area contributed by atoms with Crippen molar-refractivity contribution in [2.45, 2.75) is 47.5 Å². The fourth-order valence-electron chi connectivity index (χ4n) is 1.37. The van der Waals surface area contributed by atoms with Gasteiger partial charge in [-0.25, -0.2) is 13.2 Å². The molecule has 0 bridgehead atoms. The Labute approximate surface area is 155 Å². The van der Waals surface area contributed by atoms with Crippen molar-refractivity contribution in [3.05, 3.63) is 70.5 Å². The number of halogens is 4. The molecule has 0 aliphatic rings. The number of rotatable bonds is 2. The average Bonchev–Trinajstić information content (AvgIpc) is 2.47. The van der Waals surface area contributed by atoms with E-state index in [9.17, 15) is 13.2 Å². The van der Waals surface area contributed by atoms with Gasteiger partial charge in [-0.2, -0.15) is 0 Å². The van der Waals surface area contributed by atoms with Crippen molar-refractivity contribution in [1.82, 2.24) is 0 Å². The van der Waals surface area contributed by atoms with Crippen molar-refractivity contribution < 1.29 is 13.2 Å². The Morgan fingerprint density at radius 1 is 0.680 bits per heavy atom. The van der Waals surface area contributed by atoms with Crippen molar-refractivity contribution in [3.63, 3.8) is 0 Å². The molecule has 0 radical (unpaired) electrons. The molecule has 0 saturated carbocycles. The van der Waals surface area contributed by atoms with Crippen LogP contribution < -0.4 is 0 Å². The summed E-state index contributed by atoms with van der Waals surface area (Å²) in [5.41, 5.74) is 0.940. The summed E-state index contributed by atoms with van der Waals surface area (Å²) in [6.45, 7) is 13.0. The average molecular weight is 373 g/mol. The predicted octanol–water partition coefficient (Wildman–Crippen LogP) is 7.87. The van der Waals surface area contributed by atoms with Crippen LogP contribution in [0.25, 0.3) is 0 Å². The number of hydrogen-bond acceptors (Lipinski definition) is 0. The first-order valence-electron chi connectivity index (χ1n) is 8.40. The maximum absolute atomic E-state index is 12.7. The SMILES string of the molecule is CC(C)C(C)C.CC(C)c1cc(F)cc(Cl)c1.Fc1cccc(F)c1. The normalized spacial score (nSPS) is 10.3. The van der Waals surface area contributed by atoms with Crippen LogP contribution in [0.5, 0.6) is 0 Å². The van der Waals surface area contributed by atoms with E-state index in [1.807, 2.05) is 13.8 Å². The summed E-state index contributed by atoms with van der Waals surface area (Å²) in [7, 11) is 0. The van der Waals surface area contributed by atoms with E-state index in [-0.39, 0.29) is 5.82 Å². The summed E-state index contributed by atoms with van der Waals surface area (Å²) in [5, 5.41) is 0.466. The van der Waals surface area contributed by atoms with Gasteiger partial charge in [-0.3, -0.25) is 0 Å². The summed E-state index contributed by atoms with van der Waals surface area (Å²) >= 11 is 5.65. The largest absolute Gasteiger partial charge is 0.207 e. The molecule has 0 heterocycles. The maximum atomic E-state index is 12.7. The van der Waals surface area contributed by atoms with Gasteiger partial charge in [0.1, 0.15) is 17.5 Å². The van der Waals surface area contributed by atoms with Gasteiger partial charge >= 0.3 is 0 Å². The van der Waals surface area contributed by atoms with Crippen molar-refractivity contribution in [2.24, 2.45) is 11.8 Å². The second-order valence-corrected chi connectivity index (χ2v) is 7.22. The standard InChI is InChI=1S/C9H10ClF.C6H4F2.C6H14/c1-6(2)7-3-8(10)5-9(11)4-7;7-5-2-1-3-6(8)4-5;1-5(2)6(3)4/h3-6H,1-2H3;1-4H;5-6H,1-4H3. The Bertz CT molecular complexity index is 579. The lowest BCUT2D eigenvalue weighted by Crippen LogP contribution is -1.95. The highest BCUT2D eigenvalue weighted by Gasteiger charge is 2.02. The topological polar surface area (TPSA) is 0 Å². The van der Waals surface area contributed by atoms with Gasteiger partial charge in [-0.1, -0.05) is 59.2 Å². The molecule has 0 aliphatic heterocycles. The van der Waals surface area contributed by atoms with Crippen LogP contribution in [0.2, 0.25) is 5.02 Å². The van der Waals surface area contributed by atoms with Crippen LogP contribution in [0.3, 0.4) is 0 Å². The molecule has 0 nitrogen and oxygen atoms in total. The van der Waals surface area contributed by atoms with E-state index in [2.05, 4.69) is 27.7 Å². The Hall–Kier alpha value is -1.48. The van der Waals surface area contributed by atoms with E-state index in [1.165, 1.54) is 30.3 Å². The second kappa shape index (κ2) is 12.0. The zero-order chi connectivity index (χ0) is 19.6. The van der Waals surface area contributed by atoms with Crippen LogP contribution in [0.1, 0.15) is 53.0 Å². The molecule has 140 valence electrons. The summed E-state index contributed by atoms with van der Waals surface area (Å²) in [5.74, 6) is 0.689. The van der Waals surface area contributed by atoms with E-state index < -0.39 is 11.6 Å². The molecule has 0 aromatic heterocycles. The Morgan fingerprint density at radius 2 is 1.16 bits per heavy atom. The zero-order valence-corrected chi connectivity index (χ0v) is 16.5. The highest BCUT2D eigenvalue weighted by molar-refractivity contribution is 6.30.